The number of nitrogens with one attached hydrogen (secondary N) is 1. The van der Waals surface area contributed by atoms with Gasteiger partial charge in [-0.05, 0) is 18.4 Å². The van der Waals surface area contributed by atoms with Crippen LogP contribution in [0.3, 0.4) is 0 Å². The van der Waals surface area contributed by atoms with Crippen molar-refractivity contribution in [3.05, 3.63) is 47.8 Å². The van der Waals surface area contributed by atoms with Gasteiger partial charge in [-0.3, -0.25) is 4.98 Å². The number of nitrogens with zero attached hydrogens (tertiary/aromatic N) is 2. The summed E-state index contributed by atoms with van der Waals surface area (Å²) in [6.07, 6.45) is 3.63. The van der Waals surface area contributed by atoms with E-state index in [1.165, 1.54) is 24.0 Å². The van der Waals surface area contributed by atoms with Gasteiger partial charge in [-0.25, -0.2) is 13.8 Å². The van der Waals surface area contributed by atoms with Gasteiger partial charge >= 0.3 is 0 Å². The molecule has 0 radical (unpaired) electrons. The molecule has 0 amide bonds. The van der Waals surface area contributed by atoms with Crippen molar-refractivity contribution in [3.63, 3.8) is 0 Å². The summed E-state index contributed by atoms with van der Waals surface area (Å²) in [6.45, 7) is -0.0651. The number of aliphatic hydroxyl groups excluding tert-OH is 1. The Kier molecular flexibility index (Phi) is 4.86. The van der Waals surface area contributed by atoms with Gasteiger partial charge in [0.05, 0.1) is 18.0 Å². The molecule has 0 aliphatic carbocycles. The van der Waals surface area contributed by atoms with E-state index < -0.39 is 17.7 Å². The number of benzene rings is 1. The molecule has 106 valence electrons. The Morgan fingerprint density at radius 1 is 1.30 bits per heavy atom. The average molecular weight is 297 g/mol. The molecule has 7 heteroatoms. The van der Waals surface area contributed by atoms with Crippen LogP contribution in [0.5, 0.6) is 0 Å². The van der Waals surface area contributed by atoms with Crippen molar-refractivity contribution in [1.29, 1.82) is 0 Å². The number of hydrogen-bond acceptors (Lipinski definition) is 5. The van der Waals surface area contributed by atoms with Crippen LogP contribution < -0.4 is 5.32 Å². The molecule has 1 heterocycles. The maximum atomic E-state index is 13.5. The van der Waals surface area contributed by atoms with Crippen molar-refractivity contribution >= 4 is 17.6 Å². The number of aliphatic hydroxyl groups is 1. The lowest BCUT2D eigenvalue weighted by atomic mass is 10.1. The van der Waals surface area contributed by atoms with Gasteiger partial charge < -0.3 is 10.4 Å². The normalized spacial score (nSPS) is 12.2. The molecule has 20 heavy (non-hydrogen) atoms. The molecule has 2 N–H and O–H groups in total. The van der Waals surface area contributed by atoms with E-state index >= 15 is 0 Å². The minimum Gasteiger partial charge on any atom is -0.386 e. The molecular formula is C13H13F2N3OS. The van der Waals surface area contributed by atoms with Crippen LogP contribution in [0.25, 0.3) is 0 Å². The Morgan fingerprint density at radius 3 is 2.65 bits per heavy atom. The predicted molar refractivity (Wildman–Crippen MR) is 73.6 cm³/mol. The van der Waals surface area contributed by atoms with Crippen molar-refractivity contribution in [3.8, 4) is 0 Å². The van der Waals surface area contributed by atoms with Crippen LogP contribution in [0, 0.1) is 11.6 Å². The molecule has 2 rings (SSSR count). The zero-order chi connectivity index (χ0) is 14.5. The molecule has 0 aliphatic heterocycles. The Balaban J connectivity index is 2.06. The highest BCUT2D eigenvalue weighted by atomic mass is 32.2. The monoisotopic (exact) mass is 297 g/mol. The zero-order valence-corrected chi connectivity index (χ0v) is 11.5. The summed E-state index contributed by atoms with van der Waals surface area (Å²) in [5.41, 5.74) is -0.353. The minimum absolute atomic E-state index is 0.0651. The second-order valence-corrected chi connectivity index (χ2v) is 4.81. The highest BCUT2D eigenvalue weighted by Crippen LogP contribution is 2.21. The van der Waals surface area contributed by atoms with Crippen molar-refractivity contribution in [2.75, 3.05) is 18.1 Å². The summed E-state index contributed by atoms with van der Waals surface area (Å²) in [5, 5.41) is 13.4. The molecule has 1 atom stereocenters. The van der Waals surface area contributed by atoms with Crippen LogP contribution in [-0.4, -0.2) is 27.9 Å². The van der Waals surface area contributed by atoms with E-state index in [1.54, 1.807) is 6.20 Å². The lowest BCUT2D eigenvalue weighted by Crippen LogP contribution is -2.15. The van der Waals surface area contributed by atoms with Gasteiger partial charge in [-0.2, -0.15) is 0 Å². The number of anilines is 1. The summed E-state index contributed by atoms with van der Waals surface area (Å²) in [6, 6.07) is 3.47. The maximum absolute atomic E-state index is 13.5. The van der Waals surface area contributed by atoms with E-state index in [4.69, 9.17) is 0 Å². The molecule has 1 aromatic heterocycles. The fourth-order valence-corrected chi connectivity index (χ4v) is 2.02. The van der Waals surface area contributed by atoms with Crippen LogP contribution in [0.1, 0.15) is 11.7 Å². The van der Waals surface area contributed by atoms with Crippen LogP contribution in [0.2, 0.25) is 0 Å². The first-order valence-corrected chi connectivity index (χ1v) is 7.06. The number of hydrogen-bond donors (Lipinski definition) is 2. The largest absolute Gasteiger partial charge is 0.386 e. The van der Waals surface area contributed by atoms with Crippen molar-refractivity contribution in [1.82, 2.24) is 9.97 Å². The van der Waals surface area contributed by atoms with E-state index in [0.29, 0.717) is 10.8 Å². The molecule has 0 bridgehead atoms. The highest BCUT2D eigenvalue weighted by molar-refractivity contribution is 7.98. The van der Waals surface area contributed by atoms with Gasteiger partial charge in [-0.1, -0.05) is 6.07 Å². The van der Waals surface area contributed by atoms with E-state index in [9.17, 15) is 13.9 Å². The van der Waals surface area contributed by atoms with E-state index in [-0.39, 0.29) is 12.1 Å². The first kappa shape index (κ1) is 14.7. The van der Waals surface area contributed by atoms with Gasteiger partial charge in [0.15, 0.2) is 0 Å². The minimum atomic E-state index is -1.31. The molecule has 1 aromatic carbocycles. The van der Waals surface area contributed by atoms with E-state index in [1.807, 2.05) is 6.26 Å². The first-order chi connectivity index (χ1) is 9.61. The number of aromatic nitrogens is 2. The molecule has 4 nitrogen and oxygen atoms in total. The third kappa shape index (κ3) is 3.43. The molecule has 1 unspecified atom stereocenters. The SMILES string of the molecule is CSc1cncc(NCC(O)c2c(F)cccc2F)n1. The summed E-state index contributed by atoms with van der Waals surface area (Å²) in [5.74, 6) is -1.11. The molecule has 0 saturated carbocycles. The van der Waals surface area contributed by atoms with Gasteiger partial charge in [0, 0.05) is 6.54 Å². The second-order valence-electron chi connectivity index (χ2n) is 3.98. The van der Waals surface area contributed by atoms with Crippen LogP contribution in [0.4, 0.5) is 14.6 Å². The standard InChI is InChI=1S/C13H13F2N3OS/c1-20-12-7-16-6-11(18-12)17-5-10(19)13-8(14)3-2-4-9(13)15/h2-4,6-7,10,19H,5H2,1H3,(H,17,18). The summed E-state index contributed by atoms with van der Waals surface area (Å²) < 4.78 is 27.0. The van der Waals surface area contributed by atoms with Crippen molar-refractivity contribution in [2.45, 2.75) is 11.1 Å². The van der Waals surface area contributed by atoms with Crippen LogP contribution >= 0.6 is 11.8 Å². The molecule has 0 saturated heterocycles. The Bertz CT molecular complexity index is 577. The topological polar surface area (TPSA) is 58.0 Å². The number of rotatable bonds is 5. The summed E-state index contributed by atoms with van der Waals surface area (Å²) in [4.78, 5) is 8.16. The van der Waals surface area contributed by atoms with Crippen molar-refractivity contribution < 1.29 is 13.9 Å². The molecular weight excluding hydrogens is 284 g/mol. The maximum Gasteiger partial charge on any atom is 0.145 e. The second kappa shape index (κ2) is 6.62. The van der Waals surface area contributed by atoms with Crippen LogP contribution in [-0.2, 0) is 0 Å². The predicted octanol–water partition coefficient (Wildman–Crippen LogP) is 2.62. The first-order valence-electron chi connectivity index (χ1n) is 5.83. The Morgan fingerprint density at radius 2 is 2.00 bits per heavy atom. The Hall–Kier alpha value is -1.73. The lowest BCUT2D eigenvalue weighted by Gasteiger charge is -2.14. The van der Waals surface area contributed by atoms with E-state index in [2.05, 4.69) is 15.3 Å². The Labute approximate surface area is 119 Å². The van der Waals surface area contributed by atoms with Gasteiger partial charge in [0.2, 0.25) is 0 Å². The average Bonchev–Trinajstić information content (AvgIpc) is 2.45. The third-order valence-corrected chi connectivity index (χ3v) is 3.25. The lowest BCUT2D eigenvalue weighted by molar-refractivity contribution is 0.181. The molecule has 0 fully saturated rings. The quantitative estimate of drug-likeness (QED) is 0.831. The molecule has 0 aliphatic rings. The van der Waals surface area contributed by atoms with Crippen molar-refractivity contribution in [2.24, 2.45) is 0 Å². The highest BCUT2D eigenvalue weighted by Gasteiger charge is 2.17. The zero-order valence-electron chi connectivity index (χ0n) is 10.7. The summed E-state index contributed by atoms with van der Waals surface area (Å²) >= 11 is 1.42. The summed E-state index contributed by atoms with van der Waals surface area (Å²) in [7, 11) is 0. The fraction of sp³-hybridized carbons (Fsp3) is 0.231. The van der Waals surface area contributed by atoms with Gasteiger partial charge in [0.25, 0.3) is 0 Å². The molecule has 0 spiro atoms. The smallest absolute Gasteiger partial charge is 0.145 e. The molecule has 2 aromatic rings. The third-order valence-electron chi connectivity index (χ3n) is 2.63. The number of halogens is 2. The van der Waals surface area contributed by atoms with Crippen LogP contribution in [0.15, 0.2) is 35.6 Å². The van der Waals surface area contributed by atoms with Gasteiger partial charge in [-0.15, -0.1) is 11.8 Å². The van der Waals surface area contributed by atoms with E-state index in [0.717, 1.165) is 12.1 Å². The number of thioether (sulfide) groups is 1. The fourth-order valence-electron chi connectivity index (χ4n) is 1.66. The van der Waals surface area contributed by atoms with Gasteiger partial charge in [0.1, 0.15) is 28.6 Å².